The molecule has 1 aromatic rings. The van der Waals surface area contributed by atoms with Gasteiger partial charge in [-0.05, 0) is 30.9 Å². The topological polar surface area (TPSA) is 40.5 Å². The molecule has 10 heteroatoms. The molecule has 1 fully saturated rings. The Morgan fingerprint density at radius 3 is 2.29 bits per heavy atom. The fourth-order valence-electron chi connectivity index (χ4n) is 4.27. The van der Waals surface area contributed by atoms with Crippen molar-refractivity contribution in [2.75, 3.05) is 11.4 Å². The third kappa shape index (κ3) is 4.69. The molecule has 31 heavy (non-hydrogen) atoms. The van der Waals surface area contributed by atoms with Crippen molar-refractivity contribution in [2.24, 2.45) is 5.92 Å². The molecule has 0 aromatic heterocycles. The summed E-state index contributed by atoms with van der Waals surface area (Å²) >= 11 is 1.13. The van der Waals surface area contributed by atoms with Crippen molar-refractivity contribution in [2.45, 2.75) is 80.0 Å². The van der Waals surface area contributed by atoms with Gasteiger partial charge in [-0.2, -0.15) is 26.3 Å². The first kappa shape index (κ1) is 24.2. The summed E-state index contributed by atoms with van der Waals surface area (Å²) in [5, 5.41) is 9.56. The van der Waals surface area contributed by atoms with E-state index >= 15 is 0 Å². The minimum Gasteiger partial charge on any atom is -0.369 e. The normalized spacial score (nSPS) is 20.8. The first-order chi connectivity index (χ1) is 14.4. The molecule has 1 atom stereocenters. The highest BCUT2D eigenvalue weighted by Gasteiger charge is 2.71. The Hall–Kier alpha value is -1.42. The summed E-state index contributed by atoms with van der Waals surface area (Å²) in [6.45, 7) is 2.19. The van der Waals surface area contributed by atoms with E-state index < -0.39 is 23.5 Å². The average Bonchev–Trinajstić information content (AvgIpc) is 3.21. The van der Waals surface area contributed by atoms with E-state index in [1.54, 1.807) is 0 Å². The number of aliphatic hydroxyl groups is 1. The van der Waals surface area contributed by atoms with Crippen LogP contribution >= 0.6 is 11.8 Å². The molecule has 0 radical (unpaired) electrons. The maximum absolute atomic E-state index is 13.3. The van der Waals surface area contributed by atoms with Crippen LogP contribution in [-0.2, 0) is 10.4 Å². The predicted octanol–water partition coefficient (Wildman–Crippen LogP) is 6.19. The van der Waals surface area contributed by atoms with Crippen molar-refractivity contribution in [3.05, 3.63) is 23.8 Å². The summed E-state index contributed by atoms with van der Waals surface area (Å²) in [5.74, 6) is 0.307. The second kappa shape index (κ2) is 8.84. The average molecular weight is 469 g/mol. The van der Waals surface area contributed by atoms with Gasteiger partial charge in [0, 0.05) is 28.7 Å². The minimum atomic E-state index is -5.94. The maximum Gasteiger partial charge on any atom is 0.430 e. The zero-order valence-electron chi connectivity index (χ0n) is 17.0. The number of alkyl halides is 6. The van der Waals surface area contributed by atoms with Crippen molar-refractivity contribution >= 4 is 23.4 Å². The van der Waals surface area contributed by atoms with E-state index in [1.165, 1.54) is 4.90 Å². The van der Waals surface area contributed by atoms with E-state index in [0.29, 0.717) is 37.1 Å². The molecule has 1 heterocycles. The van der Waals surface area contributed by atoms with Crippen LogP contribution in [0.2, 0.25) is 0 Å². The Morgan fingerprint density at radius 2 is 1.74 bits per heavy atom. The number of hydrogen-bond donors (Lipinski definition) is 1. The number of nitrogens with zero attached hydrogens (tertiary/aromatic N) is 1. The van der Waals surface area contributed by atoms with Gasteiger partial charge in [-0.25, -0.2) is 0 Å². The van der Waals surface area contributed by atoms with Crippen LogP contribution in [-0.4, -0.2) is 35.2 Å². The van der Waals surface area contributed by atoms with E-state index in [1.807, 2.05) is 6.92 Å². The third-order valence-electron chi connectivity index (χ3n) is 6.17. The van der Waals surface area contributed by atoms with Crippen LogP contribution in [0.15, 0.2) is 23.1 Å². The number of halogens is 6. The summed E-state index contributed by atoms with van der Waals surface area (Å²) in [4.78, 5) is 14.5. The highest BCUT2D eigenvalue weighted by atomic mass is 32.2. The molecule has 3 nitrogen and oxygen atoms in total. The van der Waals surface area contributed by atoms with E-state index in [4.69, 9.17) is 0 Å². The molecule has 174 valence electrons. The van der Waals surface area contributed by atoms with Gasteiger partial charge in [-0.15, -0.1) is 11.8 Å². The highest BCUT2D eigenvalue weighted by molar-refractivity contribution is 8.00. The third-order valence-corrected chi connectivity index (χ3v) is 7.56. The van der Waals surface area contributed by atoms with Gasteiger partial charge in [0.15, 0.2) is 0 Å². The summed E-state index contributed by atoms with van der Waals surface area (Å²) in [6, 6.07) is 2.42. The number of carbonyl (C=O) groups is 1. The number of thioether (sulfide) groups is 1. The highest BCUT2D eigenvalue weighted by Crippen LogP contribution is 2.52. The quantitative estimate of drug-likeness (QED) is 0.523. The van der Waals surface area contributed by atoms with Crippen molar-refractivity contribution in [1.29, 1.82) is 0 Å². The number of fused-ring (bicyclic) bond motifs is 1. The van der Waals surface area contributed by atoms with Crippen molar-refractivity contribution in [3.63, 3.8) is 0 Å². The lowest BCUT2D eigenvalue weighted by molar-refractivity contribution is -0.376. The molecular weight excluding hydrogens is 444 g/mol. The Kier molecular flexibility index (Phi) is 6.91. The van der Waals surface area contributed by atoms with Crippen LogP contribution in [0.25, 0.3) is 0 Å². The molecule has 3 rings (SSSR count). The van der Waals surface area contributed by atoms with Gasteiger partial charge in [0.2, 0.25) is 5.91 Å². The van der Waals surface area contributed by atoms with Crippen LogP contribution in [0.5, 0.6) is 0 Å². The molecule has 1 unspecified atom stereocenters. The van der Waals surface area contributed by atoms with E-state index in [2.05, 4.69) is 0 Å². The lowest BCUT2D eigenvalue weighted by Crippen LogP contribution is -2.54. The molecule has 0 bridgehead atoms. The zero-order chi connectivity index (χ0) is 23.0. The standard InChI is InChI=1S/C21H25F6NO2S/c1-2-15-12-28(18(29)10-7-13-5-3-4-6-13)16-9-8-14(11-17(16)31-15)19(30,20(22,23)24)21(25,26)27/h8-9,11,13,15,30H,2-7,10,12H2,1H3. The molecule has 1 aromatic carbocycles. The first-order valence-corrected chi connectivity index (χ1v) is 11.2. The SMILES string of the molecule is CCC1CN(C(=O)CCC2CCCC2)c2ccc(C(O)(C(F)(F)F)C(F)(F)F)cc2S1. The van der Waals surface area contributed by atoms with Crippen molar-refractivity contribution in [3.8, 4) is 0 Å². The smallest absolute Gasteiger partial charge is 0.369 e. The van der Waals surface area contributed by atoms with Crippen LogP contribution in [0, 0.1) is 5.92 Å². The molecule has 1 aliphatic carbocycles. The molecule has 0 saturated heterocycles. The van der Waals surface area contributed by atoms with E-state index in [-0.39, 0.29) is 16.1 Å². The van der Waals surface area contributed by atoms with Gasteiger partial charge in [0.05, 0.1) is 5.69 Å². The van der Waals surface area contributed by atoms with Gasteiger partial charge in [0.25, 0.3) is 5.60 Å². The Morgan fingerprint density at radius 1 is 1.13 bits per heavy atom. The predicted molar refractivity (Wildman–Crippen MR) is 106 cm³/mol. The number of carbonyl (C=O) groups excluding carboxylic acids is 1. The van der Waals surface area contributed by atoms with Crippen molar-refractivity contribution < 1.29 is 36.2 Å². The van der Waals surface area contributed by atoms with Crippen LogP contribution in [0.4, 0.5) is 32.0 Å². The molecule has 2 aliphatic rings. The lowest BCUT2D eigenvalue weighted by atomic mass is 9.92. The fourth-order valence-corrected chi connectivity index (χ4v) is 5.52. The van der Waals surface area contributed by atoms with Gasteiger partial charge in [-0.1, -0.05) is 38.7 Å². The molecular formula is C21H25F6NO2S. The Labute approximate surface area is 181 Å². The summed E-state index contributed by atoms with van der Waals surface area (Å²) in [7, 11) is 0. The molecule has 1 amide bonds. The Bertz CT molecular complexity index is 790. The van der Waals surface area contributed by atoms with Gasteiger partial charge in [-0.3, -0.25) is 4.79 Å². The molecule has 1 aliphatic heterocycles. The van der Waals surface area contributed by atoms with Crippen LogP contribution in [0.3, 0.4) is 0 Å². The number of anilines is 1. The second-order valence-electron chi connectivity index (χ2n) is 8.23. The fraction of sp³-hybridized carbons (Fsp3) is 0.667. The molecule has 0 spiro atoms. The van der Waals surface area contributed by atoms with Gasteiger partial charge < -0.3 is 10.0 Å². The van der Waals surface area contributed by atoms with E-state index in [0.717, 1.165) is 56.0 Å². The lowest BCUT2D eigenvalue weighted by Gasteiger charge is -2.37. The summed E-state index contributed by atoms with van der Waals surface area (Å²) in [5.41, 5.74) is -5.98. The van der Waals surface area contributed by atoms with Gasteiger partial charge in [0.1, 0.15) is 0 Å². The van der Waals surface area contributed by atoms with Crippen LogP contribution < -0.4 is 4.90 Å². The minimum absolute atomic E-state index is 0.136. The van der Waals surface area contributed by atoms with Crippen molar-refractivity contribution in [1.82, 2.24) is 0 Å². The first-order valence-electron chi connectivity index (χ1n) is 10.4. The zero-order valence-corrected chi connectivity index (χ0v) is 17.8. The molecule has 1 saturated carbocycles. The monoisotopic (exact) mass is 469 g/mol. The Balaban J connectivity index is 1.93. The van der Waals surface area contributed by atoms with Gasteiger partial charge >= 0.3 is 12.4 Å². The number of benzene rings is 1. The molecule has 1 N–H and O–H groups in total. The maximum atomic E-state index is 13.3. The summed E-state index contributed by atoms with van der Waals surface area (Å²) in [6.07, 6.45) is -5.84. The summed E-state index contributed by atoms with van der Waals surface area (Å²) < 4.78 is 79.6. The number of amides is 1. The number of rotatable bonds is 5. The van der Waals surface area contributed by atoms with Crippen LogP contribution in [0.1, 0.15) is 57.4 Å². The largest absolute Gasteiger partial charge is 0.430 e. The number of hydrogen-bond acceptors (Lipinski definition) is 3. The second-order valence-corrected chi connectivity index (χ2v) is 9.57. The van der Waals surface area contributed by atoms with E-state index in [9.17, 15) is 36.2 Å².